The summed E-state index contributed by atoms with van der Waals surface area (Å²) in [7, 11) is 1.60. The Hall–Kier alpha value is -3.91. The predicted octanol–water partition coefficient (Wildman–Crippen LogP) is 3.69. The third kappa shape index (κ3) is 3.65. The van der Waals surface area contributed by atoms with Crippen molar-refractivity contribution >= 4 is 28.3 Å². The van der Waals surface area contributed by atoms with Crippen LogP contribution in [0.5, 0.6) is 5.75 Å². The molecule has 0 unspecified atom stereocenters. The van der Waals surface area contributed by atoms with Gasteiger partial charge in [0.1, 0.15) is 11.4 Å². The van der Waals surface area contributed by atoms with E-state index in [9.17, 15) is 9.59 Å². The van der Waals surface area contributed by atoms with Crippen LogP contribution in [0.3, 0.4) is 0 Å². The molecule has 0 atom stereocenters. The van der Waals surface area contributed by atoms with Gasteiger partial charge < -0.3 is 4.74 Å². The van der Waals surface area contributed by atoms with Gasteiger partial charge in [0, 0.05) is 18.0 Å². The minimum atomic E-state index is -0.158. The molecule has 158 valence electrons. The van der Waals surface area contributed by atoms with Crippen LogP contribution in [0.2, 0.25) is 0 Å². The van der Waals surface area contributed by atoms with Crippen molar-refractivity contribution in [3.05, 3.63) is 105 Å². The zero-order valence-electron chi connectivity index (χ0n) is 17.1. The second-order valence-electron chi connectivity index (χ2n) is 7.05. The second kappa shape index (κ2) is 8.32. The Morgan fingerprint density at radius 1 is 0.938 bits per heavy atom. The summed E-state index contributed by atoms with van der Waals surface area (Å²) in [6.07, 6.45) is 1.69. The first-order valence-corrected chi connectivity index (χ1v) is 10.9. The van der Waals surface area contributed by atoms with Crippen molar-refractivity contribution in [2.24, 2.45) is 0 Å². The third-order valence-corrected chi connectivity index (χ3v) is 6.02. The molecule has 0 aliphatic carbocycles. The van der Waals surface area contributed by atoms with Crippen LogP contribution in [0.15, 0.2) is 93.7 Å². The number of thioether (sulfide) groups is 1. The summed E-state index contributed by atoms with van der Waals surface area (Å²) in [4.78, 5) is 35.1. The van der Waals surface area contributed by atoms with Gasteiger partial charge in [0.05, 0.1) is 29.4 Å². The monoisotopic (exact) mass is 442 g/mol. The van der Waals surface area contributed by atoms with E-state index in [0.717, 1.165) is 0 Å². The Labute approximate surface area is 187 Å². The van der Waals surface area contributed by atoms with Crippen LogP contribution in [-0.2, 0) is 5.75 Å². The molecule has 3 aromatic heterocycles. The van der Waals surface area contributed by atoms with Gasteiger partial charge in [0.25, 0.3) is 11.1 Å². The fourth-order valence-corrected chi connectivity index (χ4v) is 4.39. The molecular formula is C24H18N4O3S. The molecule has 5 rings (SSSR count). The Morgan fingerprint density at radius 3 is 2.53 bits per heavy atom. The van der Waals surface area contributed by atoms with Crippen LogP contribution in [-0.4, -0.2) is 26.0 Å². The van der Waals surface area contributed by atoms with E-state index in [2.05, 4.69) is 4.98 Å². The maximum Gasteiger partial charge on any atom is 0.266 e. The number of benzene rings is 2. The summed E-state index contributed by atoms with van der Waals surface area (Å²) in [5, 5.41) is 1.06. The zero-order chi connectivity index (χ0) is 22.1. The molecule has 7 nitrogen and oxygen atoms in total. The van der Waals surface area contributed by atoms with E-state index in [0.29, 0.717) is 44.6 Å². The lowest BCUT2D eigenvalue weighted by molar-refractivity contribution is 0.414. The number of fused-ring (bicyclic) bond motifs is 2. The molecule has 0 spiro atoms. The normalized spacial score (nSPS) is 11.2. The minimum absolute atomic E-state index is 0.148. The number of pyridine rings is 1. The van der Waals surface area contributed by atoms with Gasteiger partial charge in [-0.2, -0.15) is 0 Å². The largest absolute Gasteiger partial charge is 0.497 e. The number of ether oxygens (including phenoxy) is 1. The molecule has 0 fully saturated rings. The molecule has 0 saturated heterocycles. The highest BCUT2D eigenvalue weighted by molar-refractivity contribution is 7.98. The highest BCUT2D eigenvalue weighted by Gasteiger charge is 2.14. The average Bonchev–Trinajstić information content (AvgIpc) is 2.83. The molecular weight excluding hydrogens is 424 g/mol. The maximum atomic E-state index is 13.4. The van der Waals surface area contributed by atoms with Gasteiger partial charge in [-0.15, -0.1) is 0 Å². The SMILES string of the molecule is COc1ccc(-n2c(SCc3cc(=O)n4ccccc4n3)nc3ccccc3c2=O)cc1. The molecule has 0 bridgehead atoms. The van der Waals surface area contributed by atoms with Gasteiger partial charge in [-0.3, -0.25) is 18.6 Å². The first-order valence-electron chi connectivity index (χ1n) is 9.90. The minimum Gasteiger partial charge on any atom is -0.497 e. The molecule has 0 aliphatic heterocycles. The lowest BCUT2D eigenvalue weighted by atomic mass is 10.2. The van der Waals surface area contributed by atoms with Crippen LogP contribution >= 0.6 is 11.8 Å². The Bertz CT molecular complexity index is 1560. The van der Waals surface area contributed by atoms with E-state index < -0.39 is 0 Å². The van der Waals surface area contributed by atoms with Gasteiger partial charge in [-0.05, 0) is 48.5 Å². The van der Waals surface area contributed by atoms with E-state index in [4.69, 9.17) is 9.72 Å². The summed E-state index contributed by atoms with van der Waals surface area (Å²) in [6.45, 7) is 0. The van der Waals surface area contributed by atoms with Crippen molar-refractivity contribution in [2.75, 3.05) is 7.11 Å². The van der Waals surface area contributed by atoms with Crippen LogP contribution < -0.4 is 15.9 Å². The van der Waals surface area contributed by atoms with Crippen molar-refractivity contribution in [1.29, 1.82) is 0 Å². The van der Waals surface area contributed by atoms with Crippen molar-refractivity contribution in [1.82, 2.24) is 18.9 Å². The number of hydrogen-bond donors (Lipinski definition) is 0. The topological polar surface area (TPSA) is 78.5 Å². The fourth-order valence-electron chi connectivity index (χ4n) is 3.48. The van der Waals surface area contributed by atoms with Crippen molar-refractivity contribution in [3.63, 3.8) is 0 Å². The van der Waals surface area contributed by atoms with Crippen molar-refractivity contribution < 1.29 is 4.74 Å². The molecule has 8 heteroatoms. The molecule has 3 heterocycles. The number of rotatable bonds is 5. The Kier molecular flexibility index (Phi) is 5.20. The van der Waals surface area contributed by atoms with Gasteiger partial charge in [-0.1, -0.05) is 30.0 Å². The van der Waals surface area contributed by atoms with E-state index in [1.54, 1.807) is 48.2 Å². The Morgan fingerprint density at radius 2 is 1.72 bits per heavy atom. The molecule has 32 heavy (non-hydrogen) atoms. The highest BCUT2D eigenvalue weighted by atomic mass is 32.2. The predicted molar refractivity (Wildman–Crippen MR) is 125 cm³/mol. The summed E-state index contributed by atoms with van der Waals surface area (Å²) in [6, 6.07) is 21.4. The first kappa shape index (κ1) is 20.0. The molecule has 0 amide bonds. The molecule has 0 radical (unpaired) electrons. The van der Waals surface area contributed by atoms with Crippen molar-refractivity contribution in [3.8, 4) is 11.4 Å². The summed E-state index contributed by atoms with van der Waals surface area (Å²) in [5.74, 6) is 1.09. The highest BCUT2D eigenvalue weighted by Crippen LogP contribution is 2.25. The standard InChI is InChI=1S/C24H18N4O3S/c1-31-18-11-9-17(10-12-18)28-23(30)19-6-2-3-7-20(19)26-24(28)32-15-16-14-22(29)27-13-5-4-8-21(27)25-16/h2-14H,15H2,1H3. The molecule has 0 N–H and O–H groups in total. The average molecular weight is 443 g/mol. The van der Waals surface area contributed by atoms with Gasteiger partial charge in [0.15, 0.2) is 5.16 Å². The maximum absolute atomic E-state index is 13.4. The summed E-state index contributed by atoms with van der Waals surface area (Å²) >= 11 is 1.36. The molecule has 0 aliphatic rings. The lowest BCUT2D eigenvalue weighted by Crippen LogP contribution is -2.22. The molecule has 2 aromatic carbocycles. The van der Waals surface area contributed by atoms with E-state index in [1.807, 2.05) is 36.4 Å². The Balaban J connectivity index is 1.59. The third-order valence-electron chi connectivity index (χ3n) is 5.05. The number of hydrogen-bond acceptors (Lipinski definition) is 6. The summed E-state index contributed by atoms with van der Waals surface area (Å²) in [5.41, 5.74) is 2.20. The number of methoxy groups -OCH3 is 1. The van der Waals surface area contributed by atoms with Crippen LogP contribution in [0.4, 0.5) is 0 Å². The lowest BCUT2D eigenvalue weighted by Gasteiger charge is -2.13. The van der Waals surface area contributed by atoms with Gasteiger partial charge >= 0.3 is 0 Å². The zero-order valence-corrected chi connectivity index (χ0v) is 18.0. The summed E-state index contributed by atoms with van der Waals surface area (Å²) < 4.78 is 8.32. The number of para-hydroxylation sites is 1. The smallest absolute Gasteiger partial charge is 0.266 e. The van der Waals surface area contributed by atoms with Gasteiger partial charge in [-0.25, -0.2) is 9.97 Å². The van der Waals surface area contributed by atoms with E-state index in [1.165, 1.54) is 22.2 Å². The molecule has 5 aromatic rings. The second-order valence-corrected chi connectivity index (χ2v) is 8.00. The van der Waals surface area contributed by atoms with Crippen LogP contribution in [0.25, 0.3) is 22.2 Å². The number of nitrogens with zero attached hydrogens (tertiary/aromatic N) is 4. The van der Waals surface area contributed by atoms with Crippen LogP contribution in [0, 0.1) is 0 Å². The molecule has 0 saturated carbocycles. The van der Waals surface area contributed by atoms with Crippen LogP contribution in [0.1, 0.15) is 5.69 Å². The van der Waals surface area contributed by atoms with Gasteiger partial charge in [0.2, 0.25) is 0 Å². The van der Waals surface area contributed by atoms with E-state index in [-0.39, 0.29) is 11.1 Å². The quantitative estimate of drug-likeness (QED) is 0.305. The van der Waals surface area contributed by atoms with E-state index >= 15 is 0 Å². The number of aromatic nitrogens is 4. The first-order chi connectivity index (χ1) is 15.6. The fraction of sp³-hybridized carbons (Fsp3) is 0.0833. The van der Waals surface area contributed by atoms with Crippen molar-refractivity contribution in [2.45, 2.75) is 10.9 Å².